The zero-order valence-corrected chi connectivity index (χ0v) is 11.2. The summed E-state index contributed by atoms with van der Waals surface area (Å²) in [5, 5.41) is 10.7. The average Bonchev–Trinajstić information content (AvgIpc) is 2.26. The Hall–Kier alpha value is -0.820. The van der Waals surface area contributed by atoms with Gasteiger partial charge in [0.25, 0.3) is 0 Å². The van der Waals surface area contributed by atoms with Crippen LogP contribution in [0.3, 0.4) is 0 Å². The van der Waals surface area contributed by atoms with Crippen LogP contribution in [0.2, 0.25) is 0 Å². The summed E-state index contributed by atoms with van der Waals surface area (Å²) in [6.45, 7) is 6.20. The lowest BCUT2D eigenvalue weighted by atomic mass is 9.77. The van der Waals surface area contributed by atoms with E-state index in [2.05, 4.69) is 38.1 Å². The number of rotatable bonds is 4. The van der Waals surface area contributed by atoms with Crippen molar-refractivity contribution in [3.8, 4) is 0 Å². The minimum absolute atomic E-state index is 0.291. The first kappa shape index (κ1) is 12.6. The van der Waals surface area contributed by atoms with E-state index in [1.165, 1.54) is 24.8 Å². The fourth-order valence-electron chi connectivity index (χ4n) is 2.53. The normalized spacial score (nSPS) is 21.6. The van der Waals surface area contributed by atoms with Crippen LogP contribution in [0.4, 0.5) is 0 Å². The molecule has 94 valence electrons. The van der Waals surface area contributed by atoms with E-state index in [9.17, 15) is 5.11 Å². The molecule has 1 aliphatic rings. The molecule has 2 rings (SSSR count). The molecule has 2 atom stereocenters. The third-order valence-corrected chi connectivity index (χ3v) is 4.62. The van der Waals surface area contributed by atoms with Gasteiger partial charge in [0.2, 0.25) is 0 Å². The largest absolute Gasteiger partial charge is 0.385 e. The summed E-state index contributed by atoms with van der Waals surface area (Å²) in [6.07, 6.45) is 4.99. The molecule has 1 aliphatic carbocycles. The molecular weight excluding hydrogens is 208 g/mol. The van der Waals surface area contributed by atoms with Crippen molar-refractivity contribution in [2.45, 2.75) is 58.0 Å². The van der Waals surface area contributed by atoms with Gasteiger partial charge in [-0.25, -0.2) is 0 Å². The smallest absolute Gasteiger partial charge is 0.0893 e. The highest BCUT2D eigenvalue weighted by molar-refractivity contribution is 5.31. The second kappa shape index (κ2) is 4.81. The Morgan fingerprint density at radius 3 is 2.65 bits per heavy atom. The third kappa shape index (κ3) is 2.40. The van der Waals surface area contributed by atoms with Crippen LogP contribution in [0.5, 0.6) is 0 Å². The maximum Gasteiger partial charge on any atom is 0.0893 e. The fourth-order valence-corrected chi connectivity index (χ4v) is 2.53. The average molecular weight is 232 g/mol. The van der Waals surface area contributed by atoms with Crippen LogP contribution in [-0.4, -0.2) is 5.11 Å². The predicted molar refractivity (Wildman–Crippen MR) is 72.1 cm³/mol. The van der Waals surface area contributed by atoms with Crippen LogP contribution in [0.1, 0.15) is 63.5 Å². The van der Waals surface area contributed by atoms with E-state index < -0.39 is 5.60 Å². The molecule has 0 amide bonds. The van der Waals surface area contributed by atoms with Gasteiger partial charge in [-0.2, -0.15) is 0 Å². The van der Waals surface area contributed by atoms with Gasteiger partial charge in [0.05, 0.1) is 5.60 Å². The monoisotopic (exact) mass is 232 g/mol. The molecule has 1 aromatic rings. The van der Waals surface area contributed by atoms with Crippen molar-refractivity contribution in [2.75, 3.05) is 0 Å². The lowest BCUT2D eigenvalue weighted by Gasteiger charge is -2.32. The van der Waals surface area contributed by atoms with E-state index in [0.29, 0.717) is 5.92 Å². The molecule has 1 heteroatoms. The van der Waals surface area contributed by atoms with Gasteiger partial charge in [-0.05, 0) is 42.7 Å². The molecule has 0 saturated heterocycles. The van der Waals surface area contributed by atoms with E-state index in [4.69, 9.17) is 0 Å². The second-order valence-electron chi connectivity index (χ2n) is 5.71. The second-order valence-corrected chi connectivity index (χ2v) is 5.71. The number of benzene rings is 1. The van der Waals surface area contributed by atoms with Crippen LogP contribution in [0.15, 0.2) is 24.3 Å². The van der Waals surface area contributed by atoms with Gasteiger partial charge >= 0.3 is 0 Å². The molecule has 1 saturated carbocycles. The quantitative estimate of drug-likeness (QED) is 0.824. The van der Waals surface area contributed by atoms with Crippen molar-refractivity contribution in [2.24, 2.45) is 5.92 Å². The lowest BCUT2D eigenvalue weighted by Crippen LogP contribution is -2.29. The molecule has 0 radical (unpaired) electrons. The van der Waals surface area contributed by atoms with E-state index in [-0.39, 0.29) is 0 Å². The van der Waals surface area contributed by atoms with Crippen molar-refractivity contribution in [1.29, 1.82) is 0 Å². The summed E-state index contributed by atoms with van der Waals surface area (Å²) in [7, 11) is 0. The highest BCUT2D eigenvalue weighted by Crippen LogP contribution is 2.39. The first-order chi connectivity index (χ1) is 8.05. The molecule has 1 N–H and O–H groups in total. The Kier molecular flexibility index (Phi) is 3.58. The van der Waals surface area contributed by atoms with E-state index in [0.717, 1.165) is 17.9 Å². The molecule has 1 aromatic carbocycles. The highest BCUT2D eigenvalue weighted by atomic mass is 16.3. The Morgan fingerprint density at radius 2 is 2.12 bits per heavy atom. The van der Waals surface area contributed by atoms with Crippen molar-refractivity contribution in [3.05, 3.63) is 35.4 Å². The van der Waals surface area contributed by atoms with Crippen LogP contribution >= 0.6 is 0 Å². The van der Waals surface area contributed by atoms with Crippen LogP contribution < -0.4 is 0 Å². The van der Waals surface area contributed by atoms with Crippen LogP contribution in [-0.2, 0) is 5.60 Å². The Morgan fingerprint density at radius 1 is 1.41 bits per heavy atom. The van der Waals surface area contributed by atoms with Gasteiger partial charge in [0.15, 0.2) is 0 Å². The summed E-state index contributed by atoms with van der Waals surface area (Å²) in [6, 6.07) is 8.59. The molecule has 17 heavy (non-hydrogen) atoms. The van der Waals surface area contributed by atoms with Gasteiger partial charge in [-0.15, -0.1) is 0 Å². The summed E-state index contributed by atoms with van der Waals surface area (Å²) in [4.78, 5) is 0. The molecule has 1 nitrogen and oxygen atoms in total. The molecule has 2 unspecified atom stereocenters. The van der Waals surface area contributed by atoms with E-state index in [1.807, 2.05) is 6.92 Å². The number of hydrogen-bond acceptors (Lipinski definition) is 1. The van der Waals surface area contributed by atoms with Gasteiger partial charge in [-0.1, -0.05) is 51.0 Å². The zero-order chi connectivity index (χ0) is 12.5. The zero-order valence-electron chi connectivity index (χ0n) is 11.2. The van der Waals surface area contributed by atoms with Crippen LogP contribution in [0.25, 0.3) is 0 Å². The Labute approximate surface area is 105 Å². The fraction of sp³-hybridized carbons (Fsp3) is 0.625. The van der Waals surface area contributed by atoms with Gasteiger partial charge in [-0.3, -0.25) is 0 Å². The topological polar surface area (TPSA) is 20.2 Å². The minimum Gasteiger partial charge on any atom is -0.385 e. The molecule has 0 aromatic heterocycles. The lowest BCUT2D eigenvalue weighted by molar-refractivity contribution is -0.0000905. The van der Waals surface area contributed by atoms with Crippen molar-refractivity contribution >= 4 is 0 Å². The summed E-state index contributed by atoms with van der Waals surface area (Å²) in [5.74, 6) is 1.03. The first-order valence-corrected chi connectivity index (χ1v) is 6.88. The molecule has 0 bridgehead atoms. The minimum atomic E-state index is -0.700. The molecule has 0 spiro atoms. The molecule has 1 fully saturated rings. The Bertz CT molecular complexity index is 377. The van der Waals surface area contributed by atoms with Gasteiger partial charge in [0.1, 0.15) is 0 Å². The van der Waals surface area contributed by atoms with Gasteiger partial charge < -0.3 is 5.11 Å². The highest BCUT2D eigenvalue weighted by Gasteiger charge is 2.30. The van der Waals surface area contributed by atoms with E-state index >= 15 is 0 Å². The maximum absolute atomic E-state index is 10.7. The first-order valence-electron chi connectivity index (χ1n) is 6.88. The number of aliphatic hydroxyl groups is 1. The molecule has 0 aliphatic heterocycles. The van der Waals surface area contributed by atoms with Crippen molar-refractivity contribution in [1.82, 2.24) is 0 Å². The third-order valence-electron chi connectivity index (χ3n) is 4.62. The molecular formula is C16H24O. The predicted octanol–water partition coefficient (Wildman–Crippen LogP) is 4.21. The van der Waals surface area contributed by atoms with Crippen molar-refractivity contribution < 1.29 is 5.11 Å². The SMILES string of the molecule is CCC(C)C(C)(O)c1cccc(C2CCC2)c1. The van der Waals surface area contributed by atoms with Gasteiger partial charge in [0, 0.05) is 0 Å². The van der Waals surface area contributed by atoms with Crippen molar-refractivity contribution in [3.63, 3.8) is 0 Å². The van der Waals surface area contributed by atoms with E-state index in [1.54, 1.807) is 0 Å². The number of hydrogen-bond donors (Lipinski definition) is 1. The molecule has 0 heterocycles. The standard InChI is InChI=1S/C16H24O/c1-4-12(2)16(3,17)15-10-6-9-14(11-15)13-7-5-8-13/h6,9-13,17H,4-5,7-8H2,1-3H3. The summed E-state index contributed by atoms with van der Waals surface area (Å²) in [5.41, 5.74) is 1.79. The van der Waals surface area contributed by atoms with Crippen LogP contribution in [0, 0.1) is 5.92 Å². The summed E-state index contributed by atoms with van der Waals surface area (Å²) >= 11 is 0. The maximum atomic E-state index is 10.7. The summed E-state index contributed by atoms with van der Waals surface area (Å²) < 4.78 is 0. The Balaban J connectivity index is 2.25.